The van der Waals surface area contributed by atoms with Crippen molar-refractivity contribution < 1.29 is 4.79 Å². The number of rotatable bonds is 5. The van der Waals surface area contributed by atoms with Gasteiger partial charge in [-0.1, -0.05) is 26.8 Å². The van der Waals surface area contributed by atoms with Gasteiger partial charge in [0.2, 0.25) is 5.91 Å². The lowest BCUT2D eigenvalue weighted by Crippen LogP contribution is -2.37. The minimum Gasteiger partial charge on any atom is -0.354 e. The summed E-state index contributed by atoms with van der Waals surface area (Å²) in [5.41, 5.74) is 0.183. The van der Waals surface area contributed by atoms with Crippen LogP contribution in [0.1, 0.15) is 47.5 Å². The quantitative estimate of drug-likeness (QED) is 0.695. The molecule has 0 aromatic heterocycles. The van der Waals surface area contributed by atoms with Crippen molar-refractivity contribution in [3.63, 3.8) is 0 Å². The Bertz CT molecular complexity index is 213. The van der Waals surface area contributed by atoms with E-state index in [9.17, 15) is 4.79 Å². The van der Waals surface area contributed by atoms with Gasteiger partial charge in [0.05, 0.1) is 0 Å². The summed E-state index contributed by atoms with van der Waals surface area (Å²) < 4.78 is 0. The van der Waals surface area contributed by atoms with Crippen molar-refractivity contribution in [3.05, 3.63) is 12.7 Å². The number of allylic oxidation sites excluding steroid dienone is 1. The molecule has 0 aromatic carbocycles. The zero-order valence-corrected chi connectivity index (χ0v) is 10.8. The number of carbonyl (C=O) groups excluding carboxylic acids is 1. The summed E-state index contributed by atoms with van der Waals surface area (Å²) in [5.74, 6) is 0.213. The molecule has 0 aliphatic heterocycles. The van der Waals surface area contributed by atoms with Crippen LogP contribution in [0.4, 0.5) is 0 Å². The summed E-state index contributed by atoms with van der Waals surface area (Å²) in [6.07, 6.45) is 3.49. The Kier molecular flexibility index (Phi) is 5.63. The Hall–Kier alpha value is -0.790. The molecule has 0 saturated carbocycles. The molecular weight excluding hydrogens is 186 g/mol. The number of nitrogens with one attached hydrogen (secondary N) is 1. The van der Waals surface area contributed by atoms with Crippen molar-refractivity contribution in [1.82, 2.24) is 5.32 Å². The zero-order valence-electron chi connectivity index (χ0n) is 10.8. The fraction of sp³-hybridized carbons (Fsp3) is 0.769. The first kappa shape index (κ1) is 14.2. The highest BCUT2D eigenvalue weighted by Gasteiger charge is 2.23. The van der Waals surface area contributed by atoms with Crippen LogP contribution in [-0.2, 0) is 4.79 Å². The highest BCUT2D eigenvalue weighted by atomic mass is 16.1. The van der Waals surface area contributed by atoms with Crippen LogP contribution in [-0.4, -0.2) is 11.9 Å². The van der Waals surface area contributed by atoms with E-state index in [-0.39, 0.29) is 23.3 Å². The molecule has 0 bridgehead atoms. The van der Waals surface area contributed by atoms with Crippen LogP contribution in [0.25, 0.3) is 0 Å². The number of hydrogen-bond acceptors (Lipinski definition) is 1. The number of hydrogen-bond donors (Lipinski definition) is 1. The van der Waals surface area contributed by atoms with E-state index in [2.05, 4.69) is 32.7 Å². The van der Waals surface area contributed by atoms with E-state index in [0.717, 1.165) is 12.8 Å². The lowest BCUT2D eigenvalue weighted by molar-refractivity contribution is -0.126. The first-order chi connectivity index (χ1) is 6.76. The molecule has 0 rings (SSSR count). The molecular formula is C13H25NO. The summed E-state index contributed by atoms with van der Waals surface area (Å²) in [7, 11) is 0. The van der Waals surface area contributed by atoms with Crippen LogP contribution in [0, 0.1) is 11.3 Å². The number of amides is 1. The van der Waals surface area contributed by atoms with Gasteiger partial charge in [-0.05, 0) is 32.1 Å². The molecule has 2 nitrogen and oxygen atoms in total. The molecule has 0 radical (unpaired) electrons. The fourth-order valence-electron chi connectivity index (χ4n) is 1.63. The molecule has 0 heterocycles. The summed E-state index contributed by atoms with van der Waals surface area (Å²) in [5, 5.41) is 2.96. The maximum atomic E-state index is 11.9. The average molecular weight is 211 g/mol. The summed E-state index contributed by atoms with van der Waals surface area (Å²) in [6.45, 7) is 14.2. The van der Waals surface area contributed by atoms with Crippen LogP contribution < -0.4 is 5.32 Å². The molecule has 0 aliphatic rings. The van der Waals surface area contributed by atoms with Crippen molar-refractivity contribution in [2.24, 2.45) is 11.3 Å². The molecule has 1 atom stereocenters. The Morgan fingerprint density at radius 2 is 1.93 bits per heavy atom. The standard InChI is InChI=1S/C13H25NO/c1-7-8-11(9-13(4,5)6)12(15)14-10(2)3/h7,10-11H,1,8-9H2,2-6H3,(H,14,15). The third-order valence-electron chi connectivity index (χ3n) is 2.11. The largest absolute Gasteiger partial charge is 0.354 e. The molecule has 88 valence electrons. The van der Waals surface area contributed by atoms with Crippen LogP contribution >= 0.6 is 0 Å². The van der Waals surface area contributed by atoms with E-state index < -0.39 is 0 Å². The lowest BCUT2D eigenvalue weighted by atomic mass is 9.82. The molecule has 1 N–H and O–H groups in total. The Balaban J connectivity index is 4.38. The van der Waals surface area contributed by atoms with Crippen LogP contribution in [0.2, 0.25) is 0 Å². The second kappa shape index (κ2) is 5.94. The van der Waals surface area contributed by atoms with Gasteiger partial charge in [-0.3, -0.25) is 4.79 Å². The molecule has 1 unspecified atom stereocenters. The zero-order chi connectivity index (χ0) is 12.1. The van der Waals surface area contributed by atoms with Crippen molar-refractivity contribution in [2.45, 2.75) is 53.5 Å². The number of carbonyl (C=O) groups is 1. The molecule has 2 heteroatoms. The summed E-state index contributed by atoms with van der Waals surface area (Å²) in [6, 6.07) is 0.213. The molecule has 15 heavy (non-hydrogen) atoms. The molecule has 0 saturated heterocycles. The molecule has 0 fully saturated rings. The van der Waals surface area contributed by atoms with E-state index in [0.29, 0.717) is 0 Å². The van der Waals surface area contributed by atoms with Crippen molar-refractivity contribution in [2.75, 3.05) is 0 Å². The van der Waals surface area contributed by atoms with Crippen LogP contribution in [0.3, 0.4) is 0 Å². The SMILES string of the molecule is C=CCC(CC(C)(C)C)C(=O)NC(C)C. The predicted octanol–water partition coefficient (Wildman–Crippen LogP) is 3.14. The third kappa shape index (κ3) is 7.18. The van der Waals surface area contributed by atoms with Gasteiger partial charge in [-0.25, -0.2) is 0 Å². The second-order valence-electron chi connectivity index (χ2n) is 5.65. The van der Waals surface area contributed by atoms with Crippen LogP contribution in [0.15, 0.2) is 12.7 Å². The van der Waals surface area contributed by atoms with Gasteiger partial charge in [0.15, 0.2) is 0 Å². The van der Waals surface area contributed by atoms with Crippen molar-refractivity contribution in [1.29, 1.82) is 0 Å². The minimum absolute atomic E-state index is 0.0601. The molecule has 0 aromatic rings. The summed E-state index contributed by atoms with van der Waals surface area (Å²) in [4.78, 5) is 11.9. The first-order valence-electron chi connectivity index (χ1n) is 5.67. The van der Waals surface area contributed by atoms with E-state index in [1.807, 2.05) is 19.9 Å². The summed E-state index contributed by atoms with van der Waals surface area (Å²) >= 11 is 0. The Morgan fingerprint density at radius 1 is 1.40 bits per heavy atom. The van der Waals surface area contributed by atoms with E-state index in [4.69, 9.17) is 0 Å². The topological polar surface area (TPSA) is 29.1 Å². The van der Waals surface area contributed by atoms with Gasteiger partial charge in [-0.15, -0.1) is 6.58 Å². The van der Waals surface area contributed by atoms with Crippen LogP contribution in [0.5, 0.6) is 0 Å². The fourth-order valence-corrected chi connectivity index (χ4v) is 1.63. The van der Waals surface area contributed by atoms with E-state index in [1.165, 1.54) is 0 Å². The molecule has 1 amide bonds. The molecule has 0 aliphatic carbocycles. The van der Waals surface area contributed by atoms with E-state index in [1.54, 1.807) is 0 Å². The van der Waals surface area contributed by atoms with Gasteiger partial charge >= 0.3 is 0 Å². The average Bonchev–Trinajstić information content (AvgIpc) is 1.99. The van der Waals surface area contributed by atoms with Gasteiger partial charge in [0.25, 0.3) is 0 Å². The van der Waals surface area contributed by atoms with Gasteiger partial charge < -0.3 is 5.32 Å². The van der Waals surface area contributed by atoms with Gasteiger partial charge in [-0.2, -0.15) is 0 Å². The molecule has 0 spiro atoms. The van der Waals surface area contributed by atoms with Gasteiger partial charge in [0, 0.05) is 12.0 Å². The minimum atomic E-state index is 0.0601. The highest BCUT2D eigenvalue weighted by Crippen LogP contribution is 2.26. The predicted molar refractivity (Wildman–Crippen MR) is 65.7 cm³/mol. The Morgan fingerprint density at radius 3 is 2.27 bits per heavy atom. The highest BCUT2D eigenvalue weighted by molar-refractivity contribution is 5.79. The van der Waals surface area contributed by atoms with Gasteiger partial charge in [0.1, 0.15) is 0 Å². The second-order valence-corrected chi connectivity index (χ2v) is 5.65. The lowest BCUT2D eigenvalue weighted by Gasteiger charge is -2.25. The first-order valence-corrected chi connectivity index (χ1v) is 5.67. The normalized spacial score (nSPS) is 13.7. The van der Waals surface area contributed by atoms with Crippen molar-refractivity contribution >= 4 is 5.91 Å². The maximum Gasteiger partial charge on any atom is 0.223 e. The monoisotopic (exact) mass is 211 g/mol. The van der Waals surface area contributed by atoms with E-state index >= 15 is 0 Å². The maximum absolute atomic E-state index is 11.9. The smallest absolute Gasteiger partial charge is 0.223 e. The third-order valence-corrected chi connectivity index (χ3v) is 2.11. The Labute approximate surface area is 94.1 Å². The van der Waals surface area contributed by atoms with Crippen molar-refractivity contribution in [3.8, 4) is 0 Å².